The molecule has 1 saturated heterocycles. The van der Waals surface area contributed by atoms with Crippen LogP contribution in [0.1, 0.15) is 17.5 Å². The highest BCUT2D eigenvalue weighted by atomic mass is 16.2. The molecular formula is C19H19N3O2. The maximum Gasteiger partial charge on any atom is 0.250 e. The summed E-state index contributed by atoms with van der Waals surface area (Å²) < 4.78 is 0. The second kappa shape index (κ2) is 5.46. The van der Waals surface area contributed by atoms with E-state index >= 15 is 0 Å². The fourth-order valence-electron chi connectivity index (χ4n) is 4.07. The Labute approximate surface area is 140 Å². The number of nitrogens with one attached hydrogen (secondary N) is 2. The van der Waals surface area contributed by atoms with Crippen molar-refractivity contribution >= 4 is 17.5 Å². The maximum absolute atomic E-state index is 12.8. The molecule has 2 aromatic rings. The Morgan fingerprint density at radius 2 is 1.83 bits per heavy atom. The van der Waals surface area contributed by atoms with Crippen LogP contribution in [0.15, 0.2) is 54.6 Å². The van der Waals surface area contributed by atoms with E-state index in [0.717, 1.165) is 17.7 Å². The van der Waals surface area contributed by atoms with E-state index in [9.17, 15) is 9.59 Å². The van der Waals surface area contributed by atoms with Gasteiger partial charge in [-0.05, 0) is 24.5 Å². The monoisotopic (exact) mass is 321 g/mol. The highest BCUT2D eigenvalue weighted by molar-refractivity contribution is 6.09. The van der Waals surface area contributed by atoms with E-state index in [4.69, 9.17) is 5.73 Å². The van der Waals surface area contributed by atoms with E-state index in [0.29, 0.717) is 6.42 Å². The summed E-state index contributed by atoms with van der Waals surface area (Å²) in [6.07, 6.45) is 1.30. The summed E-state index contributed by atoms with van der Waals surface area (Å²) in [5.41, 5.74) is 7.35. The number of nitrogens with two attached hydrogens (primary N) is 1. The zero-order valence-electron chi connectivity index (χ0n) is 13.2. The van der Waals surface area contributed by atoms with E-state index in [1.165, 1.54) is 5.56 Å². The number of carbonyl (C=O) groups is 2. The van der Waals surface area contributed by atoms with E-state index < -0.39 is 17.4 Å². The van der Waals surface area contributed by atoms with Crippen molar-refractivity contribution in [2.45, 2.75) is 24.4 Å². The van der Waals surface area contributed by atoms with Crippen molar-refractivity contribution in [3.63, 3.8) is 0 Å². The van der Waals surface area contributed by atoms with Gasteiger partial charge in [0.1, 0.15) is 5.54 Å². The number of amides is 2. The van der Waals surface area contributed by atoms with Crippen LogP contribution in [0.5, 0.6) is 0 Å². The van der Waals surface area contributed by atoms with Crippen LogP contribution in [0.2, 0.25) is 0 Å². The molecule has 122 valence electrons. The summed E-state index contributed by atoms with van der Waals surface area (Å²) in [7, 11) is 0. The number of primary amides is 1. The minimum atomic E-state index is -1.05. The Balaban J connectivity index is 1.72. The molecule has 3 atom stereocenters. The average Bonchev–Trinajstić information content (AvgIpc) is 3.09. The molecule has 0 radical (unpaired) electrons. The third kappa shape index (κ3) is 2.12. The third-order valence-electron chi connectivity index (χ3n) is 5.10. The smallest absolute Gasteiger partial charge is 0.250 e. The lowest BCUT2D eigenvalue weighted by Crippen LogP contribution is -2.52. The van der Waals surface area contributed by atoms with Gasteiger partial charge in [-0.3, -0.25) is 14.9 Å². The van der Waals surface area contributed by atoms with Crippen molar-refractivity contribution in [1.82, 2.24) is 5.32 Å². The number of benzene rings is 2. The SMILES string of the molecule is NC(=O)[C@@H]1C[C@@H](Cc2ccccc2)N[C@]12C(=O)Nc1ccccc12. The highest BCUT2D eigenvalue weighted by Crippen LogP contribution is 2.47. The molecular weight excluding hydrogens is 302 g/mol. The van der Waals surface area contributed by atoms with Crippen molar-refractivity contribution < 1.29 is 9.59 Å². The first kappa shape index (κ1) is 14.9. The summed E-state index contributed by atoms with van der Waals surface area (Å²) in [5.74, 6) is -1.19. The van der Waals surface area contributed by atoms with Crippen LogP contribution in [0, 0.1) is 5.92 Å². The number of fused-ring (bicyclic) bond motifs is 2. The fourth-order valence-corrected chi connectivity index (χ4v) is 4.07. The van der Waals surface area contributed by atoms with Gasteiger partial charge in [0.2, 0.25) is 11.8 Å². The van der Waals surface area contributed by atoms with Crippen molar-refractivity contribution in [2.24, 2.45) is 11.7 Å². The molecule has 0 bridgehead atoms. The van der Waals surface area contributed by atoms with Gasteiger partial charge in [0.05, 0.1) is 5.92 Å². The van der Waals surface area contributed by atoms with Crippen LogP contribution in [0.4, 0.5) is 5.69 Å². The Hall–Kier alpha value is -2.66. The highest BCUT2D eigenvalue weighted by Gasteiger charge is 2.59. The zero-order valence-corrected chi connectivity index (χ0v) is 13.2. The molecule has 2 aliphatic rings. The molecule has 2 amide bonds. The fraction of sp³-hybridized carbons (Fsp3) is 0.263. The first-order chi connectivity index (χ1) is 11.6. The predicted molar refractivity (Wildman–Crippen MR) is 91.1 cm³/mol. The van der Waals surface area contributed by atoms with Crippen molar-refractivity contribution in [1.29, 1.82) is 0 Å². The minimum absolute atomic E-state index is 0.0156. The standard InChI is InChI=1S/C19H19N3O2/c20-17(23)15-11-13(10-12-6-2-1-3-7-12)22-19(15)14-8-4-5-9-16(14)21-18(19)24/h1-9,13,15,22H,10-11H2,(H2,20,23)(H,21,24)/t13-,15+,19+/m1/s1. The topological polar surface area (TPSA) is 84.2 Å². The average molecular weight is 321 g/mol. The molecule has 2 aliphatic heterocycles. The molecule has 2 heterocycles. The van der Waals surface area contributed by atoms with E-state index in [-0.39, 0.29) is 11.9 Å². The third-order valence-corrected chi connectivity index (χ3v) is 5.10. The van der Waals surface area contributed by atoms with Gasteiger partial charge < -0.3 is 11.1 Å². The first-order valence-electron chi connectivity index (χ1n) is 8.13. The molecule has 0 unspecified atom stereocenters. The first-order valence-corrected chi connectivity index (χ1v) is 8.13. The normalized spacial score (nSPS) is 27.9. The second-order valence-electron chi connectivity index (χ2n) is 6.53. The van der Waals surface area contributed by atoms with Crippen molar-refractivity contribution in [3.05, 3.63) is 65.7 Å². The summed E-state index contributed by atoms with van der Waals surface area (Å²) in [6.45, 7) is 0. The summed E-state index contributed by atoms with van der Waals surface area (Å²) in [4.78, 5) is 24.9. The van der Waals surface area contributed by atoms with Crippen LogP contribution in [-0.2, 0) is 21.5 Å². The summed E-state index contributed by atoms with van der Waals surface area (Å²) in [5, 5.41) is 6.33. The Kier molecular flexibility index (Phi) is 3.39. The van der Waals surface area contributed by atoms with Gasteiger partial charge in [-0.1, -0.05) is 48.5 Å². The van der Waals surface area contributed by atoms with Crippen molar-refractivity contribution in [3.8, 4) is 0 Å². The van der Waals surface area contributed by atoms with Crippen LogP contribution in [-0.4, -0.2) is 17.9 Å². The minimum Gasteiger partial charge on any atom is -0.369 e. The lowest BCUT2D eigenvalue weighted by Gasteiger charge is -2.28. The van der Waals surface area contributed by atoms with Crippen LogP contribution in [0.25, 0.3) is 0 Å². The molecule has 2 aromatic carbocycles. The van der Waals surface area contributed by atoms with E-state index in [2.05, 4.69) is 22.8 Å². The maximum atomic E-state index is 12.8. The molecule has 24 heavy (non-hydrogen) atoms. The number of anilines is 1. The number of rotatable bonds is 3. The lowest BCUT2D eigenvalue weighted by molar-refractivity contribution is -0.131. The van der Waals surface area contributed by atoms with Gasteiger partial charge in [-0.25, -0.2) is 0 Å². The summed E-state index contributed by atoms with van der Waals surface area (Å²) in [6, 6.07) is 17.6. The predicted octanol–water partition coefficient (Wildman–Crippen LogP) is 1.54. The van der Waals surface area contributed by atoms with E-state index in [1.807, 2.05) is 42.5 Å². The molecule has 5 nitrogen and oxygen atoms in total. The zero-order chi connectivity index (χ0) is 16.7. The van der Waals surface area contributed by atoms with Gasteiger partial charge in [-0.2, -0.15) is 0 Å². The Morgan fingerprint density at radius 1 is 1.12 bits per heavy atom. The van der Waals surface area contributed by atoms with Gasteiger partial charge in [0.15, 0.2) is 0 Å². The molecule has 0 aromatic heterocycles. The quantitative estimate of drug-likeness (QED) is 0.802. The van der Waals surface area contributed by atoms with Crippen LogP contribution >= 0.6 is 0 Å². The number of hydrogen-bond donors (Lipinski definition) is 3. The van der Waals surface area contributed by atoms with Crippen LogP contribution in [0.3, 0.4) is 0 Å². The largest absolute Gasteiger partial charge is 0.369 e. The van der Waals surface area contributed by atoms with Gasteiger partial charge >= 0.3 is 0 Å². The molecule has 0 saturated carbocycles. The number of carbonyl (C=O) groups excluding carboxylic acids is 2. The number of hydrogen-bond acceptors (Lipinski definition) is 3. The lowest BCUT2D eigenvalue weighted by atomic mass is 9.79. The van der Waals surface area contributed by atoms with Crippen LogP contribution < -0.4 is 16.4 Å². The second-order valence-corrected chi connectivity index (χ2v) is 6.53. The number of para-hydroxylation sites is 1. The van der Waals surface area contributed by atoms with Gasteiger partial charge in [0.25, 0.3) is 0 Å². The summed E-state index contributed by atoms with van der Waals surface area (Å²) >= 11 is 0. The van der Waals surface area contributed by atoms with Gasteiger partial charge in [0, 0.05) is 17.3 Å². The van der Waals surface area contributed by atoms with Crippen molar-refractivity contribution in [2.75, 3.05) is 5.32 Å². The Bertz CT molecular complexity index is 805. The molecule has 0 aliphatic carbocycles. The molecule has 4 rings (SSSR count). The molecule has 5 heteroatoms. The molecule has 4 N–H and O–H groups in total. The molecule has 1 spiro atoms. The Morgan fingerprint density at radius 3 is 2.58 bits per heavy atom. The van der Waals surface area contributed by atoms with Gasteiger partial charge in [-0.15, -0.1) is 0 Å². The van der Waals surface area contributed by atoms with E-state index in [1.54, 1.807) is 0 Å². The molecule has 1 fully saturated rings.